The number of nitrogen functional groups attached to an aromatic ring is 1. The predicted molar refractivity (Wildman–Crippen MR) is 101 cm³/mol. The number of nitrogens with one attached hydrogen (secondary N) is 2. The molecule has 1 aromatic carbocycles. The first-order valence-electron chi connectivity index (χ1n) is 7.56. The highest BCUT2D eigenvalue weighted by Gasteiger charge is 2.21. The van der Waals surface area contributed by atoms with Gasteiger partial charge in [0.15, 0.2) is 11.0 Å². The smallest absolute Gasteiger partial charge is 0.319 e. The first-order valence-corrected chi connectivity index (χ1v) is 8.82. The fourth-order valence-electron chi connectivity index (χ4n) is 2.00. The number of carbonyl (C=O) groups excluding carboxylic acids is 2. The minimum absolute atomic E-state index is 0.154. The number of hydrogen-bond donors (Lipinski definition) is 3. The molecule has 0 saturated carbocycles. The summed E-state index contributed by atoms with van der Waals surface area (Å²) in [5.41, 5.74) is 5.32. The van der Waals surface area contributed by atoms with Gasteiger partial charge in [-0.25, -0.2) is 4.98 Å². The van der Waals surface area contributed by atoms with E-state index in [-0.39, 0.29) is 16.7 Å². The maximum Gasteiger partial charge on any atom is 0.319 e. The van der Waals surface area contributed by atoms with Gasteiger partial charge in [0, 0.05) is 10.6 Å². The first kappa shape index (κ1) is 19.8. The standard InChI is InChI=1S/C16H17ClN4O4S/c1-3-10(15(24)25-2)26-16-20-12(18)11(14(23)21-16)19-13(22)8-4-6-9(17)7-5-8/h4-7,10H,3H2,1-2H3,(H,19,22)(H3,18,20,21,23)/t10-/m1/s1. The summed E-state index contributed by atoms with van der Waals surface area (Å²) in [4.78, 5) is 42.7. The number of benzene rings is 1. The molecule has 0 saturated heterocycles. The molecule has 2 rings (SSSR count). The fraction of sp³-hybridized carbons (Fsp3) is 0.250. The number of H-pyrrole nitrogens is 1. The van der Waals surface area contributed by atoms with Gasteiger partial charge in [0.2, 0.25) is 0 Å². The van der Waals surface area contributed by atoms with E-state index in [1.165, 1.54) is 19.2 Å². The second kappa shape index (κ2) is 8.72. The average molecular weight is 397 g/mol. The summed E-state index contributed by atoms with van der Waals surface area (Å²) >= 11 is 6.81. The lowest BCUT2D eigenvalue weighted by molar-refractivity contribution is -0.140. The van der Waals surface area contributed by atoms with Gasteiger partial charge in [-0.2, -0.15) is 0 Å². The third-order valence-electron chi connectivity index (χ3n) is 3.36. The fourth-order valence-corrected chi connectivity index (χ4v) is 3.05. The third kappa shape index (κ3) is 4.77. The summed E-state index contributed by atoms with van der Waals surface area (Å²) in [5.74, 6) is -1.11. The summed E-state index contributed by atoms with van der Waals surface area (Å²) in [7, 11) is 1.28. The topological polar surface area (TPSA) is 127 Å². The molecular weight excluding hydrogens is 380 g/mol. The maximum atomic E-state index is 12.3. The SMILES string of the molecule is CC[C@@H](Sc1nc(N)c(NC(=O)c2ccc(Cl)cc2)c(=O)[nH]1)C(=O)OC. The van der Waals surface area contributed by atoms with E-state index in [1.807, 2.05) is 0 Å². The number of methoxy groups -OCH3 is 1. The Bertz CT molecular complexity index is 870. The molecule has 8 nitrogen and oxygen atoms in total. The van der Waals surface area contributed by atoms with Crippen molar-refractivity contribution >= 4 is 46.7 Å². The van der Waals surface area contributed by atoms with Crippen molar-refractivity contribution in [2.75, 3.05) is 18.2 Å². The molecular formula is C16H17ClN4O4S. The molecule has 10 heteroatoms. The Kier molecular flexibility index (Phi) is 6.64. The van der Waals surface area contributed by atoms with Crippen molar-refractivity contribution in [3.8, 4) is 0 Å². The molecule has 1 heterocycles. The highest BCUT2D eigenvalue weighted by molar-refractivity contribution is 8.00. The van der Waals surface area contributed by atoms with Crippen molar-refractivity contribution in [3.05, 3.63) is 45.2 Å². The van der Waals surface area contributed by atoms with Gasteiger partial charge in [0.25, 0.3) is 11.5 Å². The minimum atomic E-state index is -0.623. The lowest BCUT2D eigenvalue weighted by Gasteiger charge is -2.12. The van der Waals surface area contributed by atoms with Gasteiger partial charge in [0.05, 0.1) is 7.11 Å². The van der Waals surface area contributed by atoms with Crippen LogP contribution in [0.1, 0.15) is 23.7 Å². The number of halogens is 1. The van der Waals surface area contributed by atoms with Gasteiger partial charge in [-0.15, -0.1) is 0 Å². The van der Waals surface area contributed by atoms with Crippen molar-refractivity contribution < 1.29 is 14.3 Å². The molecule has 0 unspecified atom stereocenters. The molecule has 0 spiro atoms. The van der Waals surface area contributed by atoms with Crippen LogP contribution in [0.4, 0.5) is 11.5 Å². The van der Waals surface area contributed by atoms with Crippen molar-refractivity contribution in [3.63, 3.8) is 0 Å². The first-order chi connectivity index (χ1) is 12.3. The Morgan fingerprint density at radius 2 is 2.04 bits per heavy atom. The van der Waals surface area contributed by atoms with Crippen LogP contribution in [-0.4, -0.2) is 34.2 Å². The predicted octanol–water partition coefficient (Wildman–Crippen LogP) is 2.30. The normalized spacial score (nSPS) is 11.7. The van der Waals surface area contributed by atoms with Gasteiger partial charge in [-0.05, 0) is 30.7 Å². The van der Waals surface area contributed by atoms with Gasteiger partial charge in [-0.1, -0.05) is 30.3 Å². The van der Waals surface area contributed by atoms with Crippen LogP contribution in [0, 0.1) is 0 Å². The molecule has 2 aromatic rings. The van der Waals surface area contributed by atoms with Gasteiger partial charge in [-0.3, -0.25) is 19.4 Å². The van der Waals surface area contributed by atoms with Crippen molar-refractivity contribution in [1.82, 2.24) is 9.97 Å². The number of amides is 1. The zero-order chi connectivity index (χ0) is 19.3. The quantitative estimate of drug-likeness (QED) is 0.388. The molecule has 0 aliphatic carbocycles. The Hall–Kier alpha value is -2.52. The van der Waals surface area contributed by atoms with Crippen LogP contribution in [0.15, 0.2) is 34.2 Å². The molecule has 1 atom stereocenters. The molecule has 0 aliphatic rings. The lowest BCUT2D eigenvalue weighted by atomic mass is 10.2. The second-order valence-electron chi connectivity index (χ2n) is 5.13. The van der Waals surface area contributed by atoms with E-state index < -0.39 is 22.7 Å². The van der Waals surface area contributed by atoms with Crippen LogP contribution < -0.4 is 16.6 Å². The Morgan fingerprint density at radius 1 is 1.38 bits per heavy atom. The second-order valence-corrected chi connectivity index (χ2v) is 6.76. The highest BCUT2D eigenvalue weighted by atomic mass is 35.5. The summed E-state index contributed by atoms with van der Waals surface area (Å²) in [5, 5.41) is 2.54. The van der Waals surface area contributed by atoms with Crippen molar-refractivity contribution in [2.24, 2.45) is 0 Å². The van der Waals surface area contributed by atoms with Crippen LogP contribution in [0.2, 0.25) is 5.02 Å². The molecule has 0 radical (unpaired) electrons. The van der Waals surface area contributed by atoms with Crippen LogP contribution in [0.5, 0.6) is 0 Å². The van der Waals surface area contributed by atoms with E-state index in [0.717, 1.165) is 11.8 Å². The number of aromatic amines is 1. The minimum Gasteiger partial charge on any atom is -0.468 e. The van der Waals surface area contributed by atoms with Crippen LogP contribution in [0.25, 0.3) is 0 Å². The average Bonchev–Trinajstić information content (AvgIpc) is 2.62. The van der Waals surface area contributed by atoms with Crippen molar-refractivity contribution in [2.45, 2.75) is 23.8 Å². The highest BCUT2D eigenvalue weighted by Crippen LogP contribution is 2.24. The zero-order valence-corrected chi connectivity index (χ0v) is 15.6. The van der Waals surface area contributed by atoms with E-state index in [4.69, 9.17) is 22.1 Å². The molecule has 4 N–H and O–H groups in total. The number of hydrogen-bond acceptors (Lipinski definition) is 7. The van der Waals surface area contributed by atoms with Crippen LogP contribution in [0.3, 0.4) is 0 Å². The number of aromatic nitrogens is 2. The largest absolute Gasteiger partial charge is 0.468 e. The van der Waals surface area contributed by atoms with Crippen LogP contribution >= 0.6 is 23.4 Å². The molecule has 1 amide bonds. The lowest BCUT2D eigenvalue weighted by Crippen LogP contribution is -2.24. The summed E-state index contributed by atoms with van der Waals surface area (Å²) in [6.07, 6.45) is 0.482. The summed E-state index contributed by atoms with van der Waals surface area (Å²) in [6.45, 7) is 1.80. The number of esters is 1. The van der Waals surface area contributed by atoms with Crippen LogP contribution in [-0.2, 0) is 9.53 Å². The summed E-state index contributed by atoms with van der Waals surface area (Å²) in [6, 6.07) is 6.14. The molecule has 26 heavy (non-hydrogen) atoms. The number of ether oxygens (including phenoxy) is 1. The van der Waals surface area contributed by atoms with Gasteiger partial charge < -0.3 is 15.8 Å². The van der Waals surface area contributed by atoms with E-state index in [9.17, 15) is 14.4 Å². The molecule has 1 aromatic heterocycles. The zero-order valence-electron chi connectivity index (χ0n) is 14.0. The van der Waals surface area contributed by atoms with E-state index in [1.54, 1.807) is 19.1 Å². The molecule has 0 fully saturated rings. The molecule has 0 bridgehead atoms. The Labute approximate surface area is 158 Å². The molecule has 0 aliphatic heterocycles. The van der Waals surface area contributed by atoms with Gasteiger partial charge >= 0.3 is 5.97 Å². The summed E-state index contributed by atoms with van der Waals surface area (Å²) < 4.78 is 4.69. The van der Waals surface area contributed by atoms with Crippen molar-refractivity contribution in [1.29, 1.82) is 0 Å². The Morgan fingerprint density at radius 3 is 2.58 bits per heavy atom. The number of anilines is 2. The third-order valence-corrected chi connectivity index (χ3v) is 4.84. The number of nitrogens with zero attached hydrogens (tertiary/aromatic N) is 1. The monoisotopic (exact) mass is 396 g/mol. The maximum absolute atomic E-state index is 12.3. The number of nitrogens with two attached hydrogens (primary N) is 1. The van der Waals surface area contributed by atoms with E-state index >= 15 is 0 Å². The van der Waals surface area contributed by atoms with E-state index in [2.05, 4.69) is 15.3 Å². The molecule has 138 valence electrons. The van der Waals surface area contributed by atoms with E-state index in [0.29, 0.717) is 17.0 Å². The number of thioether (sulfide) groups is 1. The number of carbonyl (C=O) groups is 2. The Balaban J connectivity index is 2.21. The van der Waals surface area contributed by atoms with Gasteiger partial charge in [0.1, 0.15) is 10.9 Å². The number of rotatable bonds is 6.